The molecule has 0 spiro atoms. The highest BCUT2D eigenvalue weighted by Crippen LogP contribution is 2.31. The van der Waals surface area contributed by atoms with Gasteiger partial charge in [-0.2, -0.15) is 0 Å². The van der Waals surface area contributed by atoms with Crippen LogP contribution in [0.15, 0.2) is 46.2 Å². The summed E-state index contributed by atoms with van der Waals surface area (Å²) in [4.78, 5) is 22.1. The molecular weight excluding hydrogens is 402 g/mol. The van der Waals surface area contributed by atoms with Crippen LogP contribution in [0.1, 0.15) is 6.92 Å². The van der Waals surface area contributed by atoms with Gasteiger partial charge in [0.05, 0.1) is 26.2 Å². The van der Waals surface area contributed by atoms with E-state index < -0.39 is 14.9 Å². The van der Waals surface area contributed by atoms with E-state index in [1.54, 1.807) is 12.3 Å². The fraction of sp³-hybridized carbons (Fsp3) is 0.133. The zero-order chi connectivity index (χ0) is 19.5. The SMILES string of the molecule is CSc1ccc(S(=O)(=O)Nc2cc([N+](=O)[O-])ccc2Cl)cc1NC(C)=O. The maximum atomic E-state index is 12.6. The molecule has 0 radical (unpaired) electrons. The Morgan fingerprint density at radius 2 is 1.88 bits per heavy atom. The maximum absolute atomic E-state index is 12.6. The first-order valence-corrected chi connectivity index (χ1v) is 10.1. The third kappa shape index (κ3) is 4.65. The van der Waals surface area contributed by atoms with Gasteiger partial charge in [-0.15, -0.1) is 11.8 Å². The van der Waals surface area contributed by atoms with Gasteiger partial charge in [-0.3, -0.25) is 19.6 Å². The summed E-state index contributed by atoms with van der Waals surface area (Å²) in [5, 5.41) is 13.4. The minimum Gasteiger partial charge on any atom is -0.325 e. The molecule has 0 fully saturated rings. The summed E-state index contributed by atoms with van der Waals surface area (Å²) in [5.74, 6) is -0.343. The number of thioether (sulfide) groups is 1. The molecule has 0 saturated carbocycles. The van der Waals surface area contributed by atoms with Crippen LogP contribution in [0.2, 0.25) is 5.02 Å². The zero-order valence-electron chi connectivity index (χ0n) is 13.6. The number of hydrogen-bond donors (Lipinski definition) is 2. The molecule has 0 saturated heterocycles. The molecule has 2 N–H and O–H groups in total. The first-order chi connectivity index (χ1) is 12.1. The van der Waals surface area contributed by atoms with Crippen molar-refractivity contribution in [2.24, 2.45) is 0 Å². The highest BCUT2D eigenvalue weighted by molar-refractivity contribution is 7.98. The van der Waals surface area contributed by atoms with Gasteiger partial charge in [0.15, 0.2) is 0 Å². The lowest BCUT2D eigenvalue weighted by Crippen LogP contribution is -2.14. The van der Waals surface area contributed by atoms with E-state index in [4.69, 9.17) is 11.6 Å². The van der Waals surface area contributed by atoms with Crippen LogP contribution < -0.4 is 10.0 Å². The second kappa shape index (κ2) is 7.94. The molecule has 0 atom stereocenters. The van der Waals surface area contributed by atoms with E-state index in [9.17, 15) is 23.3 Å². The van der Waals surface area contributed by atoms with E-state index in [0.29, 0.717) is 10.6 Å². The molecular formula is C15H14ClN3O5S2. The number of nitro benzene ring substituents is 1. The summed E-state index contributed by atoms with van der Waals surface area (Å²) in [7, 11) is -4.08. The number of amides is 1. The predicted octanol–water partition coefficient (Wildman–Crippen LogP) is 3.73. The molecule has 1 amide bonds. The number of nitrogens with zero attached hydrogens (tertiary/aromatic N) is 1. The van der Waals surface area contributed by atoms with Crippen LogP contribution in [-0.4, -0.2) is 25.5 Å². The lowest BCUT2D eigenvalue weighted by atomic mass is 10.3. The van der Waals surface area contributed by atoms with Crippen LogP contribution in [0.3, 0.4) is 0 Å². The third-order valence-electron chi connectivity index (χ3n) is 3.20. The fourth-order valence-corrected chi connectivity index (χ4v) is 3.90. The molecule has 0 aromatic heterocycles. The van der Waals surface area contributed by atoms with Gasteiger partial charge in [0.2, 0.25) is 5.91 Å². The van der Waals surface area contributed by atoms with Gasteiger partial charge in [-0.1, -0.05) is 11.6 Å². The Morgan fingerprint density at radius 3 is 2.46 bits per heavy atom. The van der Waals surface area contributed by atoms with Crippen LogP contribution >= 0.6 is 23.4 Å². The second-order valence-electron chi connectivity index (χ2n) is 5.07. The van der Waals surface area contributed by atoms with Gasteiger partial charge < -0.3 is 5.32 Å². The summed E-state index contributed by atoms with van der Waals surface area (Å²) in [6.07, 6.45) is 1.79. The molecule has 0 aliphatic heterocycles. The Kier molecular flexibility index (Phi) is 6.11. The summed E-state index contributed by atoms with van der Waals surface area (Å²) in [5.41, 5.74) is -0.0716. The van der Waals surface area contributed by atoms with Crippen molar-refractivity contribution in [3.05, 3.63) is 51.5 Å². The predicted molar refractivity (Wildman–Crippen MR) is 101 cm³/mol. The van der Waals surface area contributed by atoms with Crippen molar-refractivity contribution >= 4 is 56.4 Å². The third-order valence-corrected chi connectivity index (χ3v) is 5.69. The Balaban J connectivity index is 2.43. The van der Waals surface area contributed by atoms with Crippen LogP contribution in [0, 0.1) is 10.1 Å². The Bertz CT molecular complexity index is 979. The maximum Gasteiger partial charge on any atom is 0.271 e. The first-order valence-electron chi connectivity index (χ1n) is 7.06. The van der Waals surface area contributed by atoms with Crippen LogP contribution in [0.5, 0.6) is 0 Å². The number of carbonyl (C=O) groups is 1. The van der Waals surface area contributed by atoms with Crippen molar-refractivity contribution in [2.45, 2.75) is 16.7 Å². The van der Waals surface area contributed by atoms with Crippen LogP contribution in [0.25, 0.3) is 0 Å². The minimum absolute atomic E-state index is 0.0157. The molecule has 11 heteroatoms. The number of carbonyl (C=O) groups excluding carboxylic acids is 1. The molecule has 2 aromatic carbocycles. The van der Waals surface area contributed by atoms with Crippen molar-refractivity contribution in [2.75, 3.05) is 16.3 Å². The summed E-state index contributed by atoms with van der Waals surface area (Å²) in [6.45, 7) is 1.31. The second-order valence-corrected chi connectivity index (χ2v) is 8.01. The van der Waals surface area contributed by atoms with Crippen molar-refractivity contribution in [3.63, 3.8) is 0 Å². The number of hydrogen-bond acceptors (Lipinski definition) is 6. The number of sulfonamides is 1. The smallest absolute Gasteiger partial charge is 0.271 e. The van der Waals surface area contributed by atoms with Crippen LogP contribution in [-0.2, 0) is 14.8 Å². The van der Waals surface area contributed by atoms with Gasteiger partial charge in [-0.25, -0.2) is 8.42 Å². The minimum atomic E-state index is -4.08. The largest absolute Gasteiger partial charge is 0.325 e. The van der Waals surface area contributed by atoms with E-state index >= 15 is 0 Å². The van der Waals surface area contributed by atoms with Gasteiger partial charge in [0.1, 0.15) is 0 Å². The van der Waals surface area contributed by atoms with Crippen molar-refractivity contribution < 1.29 is 18.1 Å². The molecule has 0 bridgehead atoms. The Labute approximate surface area is 159 Å². The van der Waals surface area contributed by atoms with Gasteiger partial charge >= 0.3 is 0 Å². The summed E-state index contributed by atoms with van der Waals surface area (Å²) >= 11 is 7.27. The van der Waals surface area contributed by atoms with E-state index in [1.807, 2.05) is 0 Å². The monoisotopic (exact) mass is 415 g/mol. The van der Waals surface area contributed by atoms with E-state index in [0.717, 1.165) is 6.07 Å². The Morgan fingerprint density at radius 1 is 1.19 bits per heavy atom. The number of rotatable bonds is 6. The van der Waals surface area contributed by atoms with Gasteiger partial charge in [0.25, 0.3) is 15.7 Å². The lowest BCUT2D eigenvalue weighted by molar-refractivity contribution is -0.384. The van der Waals surface area contributed by atoms with E-state index in [2.05, 4.69) is 10.0 Å². The standard InChI is InChI=1S/C15H14ClN3O5S2/c1-9(20)17-14-8-11(4-6-15(14)25-2)26(23,24)18-13-7-10(19(21)22)3-5-12(13)16/h3-8,18H,1-2H3,(H,17,20). The highest BCUT2D eigenvalue weighted by atomic mass is 35.5. The highest BCUT2D eigenvalue weighted by Gasteiger charge is 2.20. The van der Waals surface area contributed by atoms with Crippen molar-refractivity contribution in [1.82, 2.24) is 0 Å². The topological polar surface area (TPSA) is 118 Å². The molecule has 0 unspecified atom stereocenters. The van der Waals surface area contributed by atoms with Gasteiger partial charge in [0, 0.05) is 24.0 Å². The number of nitrogens with one attached hydrogen (secondary N) is 2. The molecule has 0 aliphatic rings. The quantitative estimate of drug-likeness (QED) is 0.421. The van der Waals surface area contributed by atoms with Crippen molar-refractivity contribution in [1.29, 1.82) is 0 Å². The van der Waals surface area contributed by atoms with Crippen LogP contribution in [0.4, 0.5) is 17.1 Å². The molecule has 2 rings (SSSR count). The number of nitro groups is 1. The molecule has 26 heavy (non-hydrogen) atoms. The van der Waals surface area contributed by atoms with Gasteiger partial charge in [-0.05, 0) is 30.5 Å². The molecule has 8 nitrogen and oxygen atoms in total. The van der Waals surface area contributed by atoms with E-state index in [1.165, 1.54) is 43.0 Å². The summed E-state index contributed by atoms with van der Waals surface area (Å²) < 4.78 is 27.5. The molecule has 138 valence electrons. The fourth-order valence-electron chi connectivity index (χ4n) is 2.05. The van der Waals surface area contributed by atoms with E-state index in [-0.39, 0.29) is 27.2 Å². The number of non-ortho nitro benzene ring substituents is 1. The number of anilines is 2. The average Bonchev–Trinajstić information content (AvgIpc) is 2.55. The van der Waals surface area contributed by atoms with Crippen molar-refractivity contribution in [3.8, 4) is 0 Å². The first kappa shape index (κ1) is 20.0. The average molecular weight is 416 g/mol. The molecule has 2 aromatic rings. The zero-order valence-corrected chi connectivity index (χ0v) is 16.0. The Hall–Kier alpha value is -2.30. The molecule has 0 aliphatic carbocycles. The number of halogens is 1. The normalized spacial score (nSPS) is 11.0. The number of benzene rings is 2. The molecule has 0 heterocycles. The summed E-state index contributed by atoms with van der Waals surface area (Å²) in [6, 6.07) is 7.66. The lowest BCUT2D eigenvalue weighted by Gasteiger charge is -2.13.